The minimum Gasteiger partial charge on any atom is -0.468 e. The van der Waals surface area contributed by atoms with E-state index in [0.717, 1.165) is 23.0 Å². The molecule has 0 N–H and O–H groups in total. The van der Waals surface area contributed by atoms with Crippen molar-refractivity contribution in [2.24, 2.45) is 11.3 Å². The second-order valence-corrected chi connectivity index (χ2v) is 9.35. The highest BCUT2D eigenvalue weighted by molar-refractivity contribution is 7.80. The summed E-state index contributed by atoms with van der Waals surface area (Å²) in [6.07, 6.45) is 18.2. The van der Waals surface area contributed by atoms with E-state index in [1.165, 1.54) is 45.4 Å². The monoisotopic (exact) mass is 422 g/mol. The summed E-state index contributed by atoms with van der Waals surface area (Å²) in [6, 6.07) is 1.82. The van der Waals surface area contributed by atoms with Gasteiger partial charge in [0.2, 0.25) is 0 Å². The zero-order chi connectivity index (χ0) is 22.7. The normalized spacial score (nSPS) is 12.3. The highest BCUT2D eigenvalue weighted by Gasteiger charge is 2.10. The van der Waals surface area contributed by atoms with Crippen LogP contribution in [0.25, 0.3) is 0 Å². The van der Waals surface area contributed by atoms with Crippen LogP contribution in [0, 0.1) is 18.3 Å². The number of ketones is 1. The minimum absolute atomic E-state index is 0.0933. The summed E-state index contributed by atoms with van der Waals surface area (Å²) in [4.78, 5) is 11.2. The van der Waals surface area contributed by atoms with Crippen molar-refractivity contribution >= 4 is 18.4 Å². The average Bonchev–Trinajstić information content (AvgIpc) is 3.00. The number of aryl methyl sites for hydroxylation is 1. The van der Waals surface area contributed by atoms with Crippen molar-refractivity contribution in [2.75, 3.05) is 0 Å². The Bertz CT molecular complexity index is 545. The third-order valence-corrected chi connectivity index (χ3v) is 4.78. The number of thiol groups is 1. The van der Waals surface area contributed by atoms with Gasteiger partial charge in [0.05, 0.1) is 6.26 Å². The van der Waals surface area contributed by atoms with E-state index in [1.807, 2.05) is 25.1 Å². The molecule has 2 nitrogen and oxygen atoms in total. The first-order valence-electron chi connectivity index (χ1n) is 11.1. The molecule has 0 aliphatic carbocycles. The zero-order valence-corrected chi connectivity index (χ0v) is 21.1. The van der Waals surface area contributed by atoms with Gasteiger partial charge < -0.3 is 4.42 Å². The first-order chi connectivity index (χ1) is 13.5. The number of hydrogen-bond donors (Lipinski definition) is 1. The second kappa shape index (κ2) is 18.8. The van der Waals surface area contributed by atoms with E-state index in [9.17, 15) is 4.79 Å². The average molecular weight is 423 g/mol. The quantitative estimate of drug-likeness (QED) is 0.244. The summed E-state index contributed by atoms with van der Waals surface area (Å²) < 4.78 is 4.89. The third kappa shape index (κ3) is 24.7. The maximum Gasteiger partial charge on any atom is 0.152 e. The molecular weight excluding hydrogens is 376 g/mol. The Balaban J connectivity index is 0. The number of rotatable bonds is 9. The van der Waals surface area contributed by atoms with Crippen molar-refractivity contribution in [3.8, 4) is 0 Å². The second-order valence-electron chi connectivity index (χ2n) is 8.87. The summed E-state index contributed by atoms with van der Waals surface area (Å²) in [5.74, 6) is 1.92. The van der Waals surface area contributed by atoms with E-state index in [2.05, 4.69) is 54.2 Å². The molecule has 0 radical (unpaired) electrons. The number of carbonyl (C=O) groups excluding carboxylic acids is 1. The van der Waals surface area contributed by atoms with Crippen LogP contribution in [0.5, 0.6) is 0 Å². The van der Waals surface area contributed by atoms with Gasteiger partial charge in [0.15, 0.2) is 5.78 Å². The number of allylic oxidation sites excluding steroid dienone is 4. The standard InChI is InChI=1S/C13H28.C8H12O.C5H6OS/c1-6-7-9-12(2)10-8-11-13(3,4)5;1-3-4-5-6-7-8(2)9;1-4-5(7)2-3-6-4/h12H,6-11H2,1-5H3;4-7H,3H2,1-2H3;2-3,7H,1H3/b;5-4+,7-6+;. The predicted molar refractivity (Wildman–Crippen MR) is 132 cm³/mol. The van der Waals surface area contributed by atoms with Crippen LogP contribution in [0.1, 0.15) is 99.2 Å². The summed E-state index contributed by atoms with van der Waals surface area (Å²) in [6.45, 7) is 17.2. The topological polar surface area (TPSA) is 30.2 Å². The molecule has 29 heavy (non-hydrogen) atoms. The SMILES string of the molecule is CC/C=C/C=C/C(C)=O.CCCCC(C)CCCC(C)(C)C.Cc1occc1S. The molecule has 0 aliphatic rings. The van der Waals surface area contributed by atoms with Crippen LogP contribution in [0.4, 0.5) is 0 Å². The lowest BCUT2D eigenvalue weighted by Gasteiger charge is -2.19. The Morgan fingerprint density at radius 3 is 2.17 bits per heavy atom. The third-order valence-electron chi connectivity index (χ3n) is 4.32. The maximum absolute atomic E-state index is 10.3. The van der Waals surface area contributed by atoms with Crippen molar-refractivity contribution in [3.05, 3.63) is 42.4 Å². The first-order valence-corrected chi connectivity index (χ1v) is 11.5. The van der Waals surface area contributed by atoms with Crippen LogP contribution in [0.3, 0.4) is 0 Å². The highest BCUT2D eigenvalue weighted by atomic mass is 32.1. The Hall–Kier alpha value is -1.22. The molecule has 1 heterocycles. The Labute approximate surface area is 186 Å². The van der Waals surface area contributed by atoms with Gasteiger partial charge in [-0.25, -0.2) is 0 Å². The molecule has 0 spiro atoms. The van der Waals surface area contributed by atoms with Gasteiger partial charge in [0.1, 0.15) is 5.76 Å². The smallest absolute Gasteiger partial charge is 0.152 e. The van der Waals surface area contributed by atoms with Crippen molar-refractivity contribution in [1.29, 1.82) is 0 Å². The summed E-state index contributed by atoms with van der Waals surface area (Å²) >= 11 is 4.06. The lowest BCUT2D eigenvalue weighted by molar-refractivity contribution is -0.112. The van der Waals surface area contributed by atoms with E-state index < -0.39 is 0 Å². The molecule has 1 rings (SSSR count). The number of unbranched alkanes of at least 4 members (excludes halogenated alkanes) is 1. The Kier molecular flexibility index (Phi) is 19.4. The molecule has 1 unspecified atom stereocenters. The first kappa shape index (κ1) is 30.0. The maximum atomic E-state index is 10.3. The zero-order valence-electron chi connectivity index (χ0n) is 20.3. The molecule has 0 saturated carbocycles. The fraction of sp³-hybridized carbons (Fsp3) is 0.654. The van der Waals surface area contributed by atoms with Crippen LogP contribution in [-0.4, -0.2) is 5.78 Å². The minimum atomic E-state index is 0.0933. The van der Waals surface area contributed by atoms with Crippen molar-refractivity contribution in [3.63, 3.8) is 0 Å². The molecular formula is C26H46O2S. The molecule has 0 bridgehead atoms. The van der Waals surface area contributed by atoms with Crippen LogP contribution >= 0.6 is 12.6 Å². The van der Waals surface area contributed by atoms with E-state index in [-0.39, 0.29) is 5.78 Å². The fourth-order valence-electron chi connectivity index (χ4n) is 2.46. The summed E-state index contributed by atoms with van der Waals surface area (Å²) in [5, 5.41) is 0. The Morgan fingerprint density at radius 2 is 1.79 bits per heavy atom. The van der Waals surface area contributed by atoms with Gasteiger partial charge in [0, 0.05) is 4.90 Å². The Morgan fingerprint density at radius 1 is 1.17 bits per heavy atom. The van der Waals surface area contributed by atoms with Gasteiger partial charge in [-0.3, -0.25) is 4.79 Å². The van der Waals surface area contributed by atoms with E-state index >= 15 is 0 Å². The molecule has 0 aromatic carbocycles. The van der Waals surface area contributed by atoms with Gasteiger partial charge in [0.25, 0.3) is 0 Å². The molecule has 0 fully saturated rings. The highest BCUT2D eigenvalue weighted by Crippen LogP contribution is 2.24. The van der Waals surface area contributed by atoms with Crippen LogP contribution < -0.4 is 0 Å². The van der Waals surface area contributed by atoms with E-state index in [0.29, 0.717) is 5.41 Å². The number of furan rings is 1. The van der Waals surface area contributed by atoms with Gasteiger partial charge in [-0.2, -0.15) is 0 Å². The van der Waals surface area contributed by atoms with E-state index in [4.69, 9.17) is 4.42 Å². The van der Waals surface area contributed by atoms with Crippen molar-refractivity contribution in [1.82, 2.24) is 0 Å². The van der Waals surface area contributed by atoms with Gasteiger partial charge in [-0.05, 0) is 50.2 Å². The fourth-order valence-corrected chi connectivity index (χ4v) is 2.58. The molecule has 168 valence electrons. The molecule has 0 saturated heterocycles. The van der Waals surface area contributed by atoms with Crippen molar-refractivity contribution in [2.45, 2.75) is 105 Å². The van der Waals surface area contributed by atoms with Crippen LogP contribution in [0.15, 0.2) is 45.9 Å². The molecule has 1 aromatic rings. The lowest BCUT2D eigenvalue weighted by atomic mass is 9.87. The molecule has 0 amide bonds. The summed E-state index contributed by atoms with van der Waals surface area (Å²) in [5.41, 5.74) is 0.532. The van der Waals surface area contributed by atoms with E-state index in [1.54, 1.807) is 18.4 Å². The lowest BCUT2D eigenvalue weighted by Crippen LogP contribution is -2.05. The largest absolute Gasteiger partial charge is 0.468 e. The van der Waals surface area contributed by atoms with Crippen LogP contribution in [-0.2, 0) is 4.79 Å². The molecule has 0 aliphatic heterocycles. The van der Waals surface area contributed by atoms with Crippen LogP contribution in [0.2, 0.25) is 0 Å². The van der Waals surface area contributed by atoms with Gasteiger partial charge >= 0.3 is 0 Å². The van der Waals surface area contributed by atoms with Gasteiger partial charge in [-0.15, -0.1) is 12.6 Å². The molecule has 3 heteroatoms. The predicted octanol–water partition coefficient (Wildman–Crippen LogP) is 9.00. The van der Waals surface area contributed by atoms with Crippen molar-refractivity contribution < 1.29 is 9.21 Å². The number of carbonyl (C=O) groups is 1. The van der Waals surface area contributed by atoms with Gasteiger partial charge in [-0.1, -0.05) is 91.9 Å². The number of hydrogen-bond acceptors (Lipinski definition) is 3. The molecule has 1 aromatic heterocycles. The summed E-state index contributed by atoms with van der Waals surface area (Å²) in [7, 11) is 0. The molecule has 1 atom stereocenters.